The van der Waals surface area contributed by atoms with Crippen molar-refractivity contribution in [1.82, 2.24) is 19.6 Å². The third-order valence-corrected chi connectivity index (χ3v) is 5.60. The molecule has 162 valence electrons. The zero-order valence-electron chi connectivity index (χ0n) is 17.8. The summed E-state index contributed by atoms with van der Waals surface area (Å²) in [5.41, 5.74) is 10.1. The molecule has 32 heavy (non-hydrogen) atoms. The number of carbonyl (C=O) groups is 1. The van der Waals surface area contributed by atoms with Crippen LogP contribution in [-0.4, -0.2) is 32.1 Å². The molecule has 3 aromatic heterocycles. The van der Waals surface area contributed by atoms with E-state index in [1.165, 1.54) is 0 Å². The number of benzene rings is 1. The van der Waals surface area contributed by atoms with Crippen molar-refractivity contribution in [2.24, 2.45) is 5.73 Å². The minimum Gasteiger partial charge on any atom is -0.488 e. The van der Waals surface area contributed by atoms with Gasteiger partial charge in [-0.1, -0.05) is 36.4 Å². The van der Waals surface area contributed by atoms with Crippen molar-refractivity contribution in [2.45, 2.75) is 32.7 Å². The first-order valence-electron chi connectivity index (χ1n) is 10.7. The summed E-state index contributed by atoms with van der Waals surface area (Å²) in [6, 6.07) is 15.5. The van der Waals surface area contributed by atoms with Gasteiger partial charge in [-0.3, -0.25) is 4.79 Å². The van der Waals surface area contributed by atoms with E-state index in [-0.39, 0.29) is 0 Å². The minimum atomic E-state index is -0.536. The quantitative estimate of drug-likeness (QED) is 0.504. The van der Waals surface area contributed by atoms with E-state index in [1.807, 2.05) is 31.2 Å². The maximum absolute atomic E-state index is 11.9. The lowest BCUT2D eigenvalue weighted by atomic mass is 10.1. The van der Waals surface area contributed by atoms with Crippen LogP contribution in [0.1, 0.15) is 40.3 Å². The Morgan fingerprint density at radius 2 is 1.97 bits per heavy atom. The number of ether oxygens (including phenoxy) is 1. The summed E-state index contributed by atoms with van der Waals surface area (Å²) in [4.78, 5) is 21.6. The van der Waals surface area contributed by atoms with Crippen LogP contribution in [0.4, 0.5) is 5.82 Å². The molecule has 8 heteroatoms. The van der Waals surface area contributed by atoms with Gasteiger partial charge in [-0.2, -0.15) is 5.10 Å². The van der Waals surface area contributed by atoms with E-state index in [9.17, 15) is 4.79 Å². The fraction of sp³-hybridized carbons (Fsp3) is 0.250. The second-order valence-electron chi connectivity index (χ2n) is 7.85. The highest BCUT2D eigenvalue weighted by molar-refractivity contribution is 5.93. The molecule has 1 aromatic carbocycles. The summed E-state index contributed by atoms with van der Waals surface area (Å²) in [5, 5.41) is 7.99. The van der Waals surface area contributed by atoms with Crippen molar-refractivity contribution < 1.29 is 9.53 Å². The van der Waals surface area contributed by atoms with Crippen molar-refractivity contribution in [1.29, 1.82) is 0 Å². The number of aryl methyl sites for hydroxylation is 2. The Morgan fingerprint density at radius 3 is 2.78 bits per heavy atom. The SMILES string of the molecule is Cc1nn2c(C(N)=O)cccc2c1-c1nc2c(c(NCc3ccccc3)n1)OCCCC2. The van der Waals surface area contributed by atoms with E-state index < -0.39 is 5.91 Å². The Balaban J connectivity index is 1.63. The number of hydrogen-bond donors (Lipinski definition) is 2. The minimum absolute atomic E-state index is 0.317. The number of nitrogens with one attached hydrogen (secondary N) is 1. The first kappa shape index (κ1) is 20.0. The lowest BCUT2D eigenvalue weighted by Gasteiger charge is -2.15. The van der Waals surface area contributed by atoms with Crippen LogP contribution < -0.4 is 15.8 Å². The lowest BCUT2D eigenvalue weighted by molar-refractivity contribution is 0.0993. The molecule has 0 aliphatic carbocycles. The summed E-state index contributed by atoms with van der Waals surface area (Å²) in [6.45, 7) is 3.15. The number of hydrogen-bond acceptors (Lipinski definition) is 6. The maximum atomic E-state index is 11.9. The van der Waals surface area contributed by atoms with Gasteiger partial charge < -0.3 is 15.8 Å². The predicted octanol–water partition coefficient (Wildman–Crippen LogP) is 3.53. The van der Waals surface area contributed by atoms with Gasteiger partial charge in [0.25, 0.3) is 5.91 Å². The molecule has 8 nitrogen and oxygen atoms in total. The summed E-state index contributed by atoms with van der Waals surface area (Å²) >= 11 is 0. The van der Waals surface area contributed by atoms with Crippen LogP contribution in [0.5, 0.6) is 5.75 Å². The molecular weight excluding hydrogens is 404 g/mol. The fourth-order valence-corrected chi connectivity index (χ4v) is 4.05. The third-order valence-electron chi connectivity index (χ3n) is 5.60. The number of aromatic nitrogens is 4. The highest BCUT2D eigenvalue weighted by Gasteiger charge is 2.23. The van der Waals surface area contributed by atoms with Crippen LogP contribution in [0.2, 0.25) is 0 Å². The van der Waals surface area contributed by atoms with Gasteiger partial charge in [0, 0.05) is 6.54 Å². The zero-order valence-corrected chi connectivity index (χ0v) is 17.8. The van der Waals surface area contributed by atoms with Crippen LogP contribution in [0, 0.1) is 6.92 Å². The fourth-order valence-electron chi connectivity index (χ4n) is 4.05. The number of pyridine rings is 1. The van der Waals surface area contributed by atoms with Crippen molar-refractivity contribution in [3.05, 3.63) is 71.2 Å². The van der Waals surface area contributed by atoms with Crippen molar-refractivity contribution in [3.8, 4) is 17.1 Å². The number of nitrogens with zero attached hydrogens (tertiary/aromatic N) is 4. The molecule has 0 bridgehead atoms. The summed E-state index contributed by atoms with van der Waals surface area (Å²) in [6.07, 6.45) is 2.79. The molecule has 0 unspecified atom stereocenters. The lowest BCUT2D eigenvalue weighted by Crippen LogP contribution is -2.15. The van der Waals surface area contributed by atoms with Crippen LogP contribution >= 0.6 is 0 Å². The predicted molar refractivity (Wildman–Crippen MR) is 122 cm³/mol. The van der Waals surface area contributed by atoms with E-state index in [0.29, 0.717) is 36.2 Å². The molecule has 0 radical (unpaired) electrons. The van der Waals surface area contributed by atoms with Crippen LogP contribution in [-0.2, 0) is 13.0 Å². The van der Waals surface area contributed by atoms with Gasteiger partial charge >= 0.3 is 0 Å². The molecular formula is C24H24N6O2. The molecule has 4 heterocycles. The standard InChI is InChI=1S/C24H24N6O2/c1-15-20(18-11-7-12-19(22(25)31)30(18)29-15)23-27-17-10-5-6-13-32-21(17)24(28-23)26-14-16-8-3-2-4-9-16/h2-4,7-9,11-12H,5-6,10,13-14H2,1H3,(H2,25,31)(H,26,27,28). The number of primary amides is 1. The summed E-state index contributed by atoms with van der Waals surface area (Å²) in [7, 11) is 0. The van der Waals surface area contributed by atoms with Crippen molar-refractivity contribution in [3.63, 3.8) is 0 Å². The van der Waals surface area contributed by atoms with E-state index in [0.717, 1.165) is 47.3 Å². The van der Waals surface area contributed by atoms with E-state index in [4.69, 9.17) is 20.4 Å². The van der Waals surface area contributed by atoms with Gasteiger partial charge in [0.1, 0.15) is 5.69 Å². The third kappa shape index (κ3) is 3.64. The first-order chi connectivity index (χ1) is 15.6. The Kier molecular flexibility index (Phi) is 5.18. The topological polar surface area (TPSA) is 107 Å². The van der Waals surface area contributed by atoms with Gasteiger partial charge in [-0.05, 0) is 43.9 Å². The second kappa shape index (κ2) is 8.30. The number of rotatable bonds is 5. The Bertz CT molecular complexity index is 1300. The Morgan fingerprint density at radius 1 is 1.12 bits per heavy atom. The molecule has 0 fully saturated rings. The molecule has 1 aliphatic rings. The van der Waals surface area contributed by atoms with Gasteiger partial charge in [0.05, 0.1) is 29.1 Å². The zero-order chi connectivity index (χ0) is 22.1. The highest BCUT2D eigenvalue weighted by Crippen LogP contribution is 2.35. The number of nitrogens with two attached hydrogens (primary N) is 1. The Hall–Kier alpha value is -3.94. The molecule has 1 amide bonds. The molecule has 4 aromatic rings. The van der Waals surface area contributed by atoms with E-state index in [1.54, 1.807) is 16.6 Å². The summed E-state index contributed by atoms with van der Waals surface area (Å²) < 4.78 is 7.60. The second-order valence-corrected chi connectivity index (χ2v) is 7.85. The van der Waals surface area contributed by atoms with Gasteiger partial charge in [0.15, 0.2) is 17.4 Å². The van der Waals surface area contributed by atoms with Crippen molar-refractivity contribution in [2.75, 3.05) is 11.9 Å². The Labute approximate surface area is 185 Å². The molecule has 5 rings (SSSR count). The van der Waals surface area contributed by atoms with E-state index >= 15 is 0 Å². The first-order valence-corrected chi connectivity index (χ1v) is 10.7. The van der Waals surface area contributed by atoms with Gasteiger partial charge in [-0.15, -0.1) is 0 Å². The molecule has 1 aliphatic heterocycles. The van der Waals surface area contributed by atoms with Crippen LogP contribution in [0.15, 0.2) is 48.5 Å². The average molecular weight is 428 g/mol. The monoisotopic (exact) mass is 428 g/mol. The van der Waals surface area contributed by atoms with Crippen molar-refractivity contribution >= 4 is 17.2 Å². The molecule has 3 N–H and O–H groups in total. The molecule has 0 atom stereocenters. The number of anilines is 1. The van der Waals surface area contributed by atoms with Gasteiger partial charge in [-0.25, -0.2) is 14.5 Å². The van der Waals surface area contributed by atoms with Crippen LogP contribution in [0.3, 0.4) is 0 Å². The molecule has 0 saturated carbocycles. The average Bonchev–Trinajstić information content (AvgIpc) is 2.96. The van der Waals surface area contributed by atoms with E-state index in [2.05, 4.69) is 22.5 Å². The number of fused-ring (bicyclic) bond motifs is 2. The summed E-state index contributed by atoms with van der Waals surface area (Å²) in [5.74, 6) is 1.40. The largest absolute Gasteiger partial charge is 0.488 e. The number of amides is 1. The van der Waals surface area contributed by atoms with Gasteiger partial charge in [0.2, 0.25) is 0 Å². The highest BCUT2D eigenvalue weighted by atomic mass is 16.5. The molecule has 0 saturated heterocycles. The number of carbonyl (C=O) groups excluding carboxylic acids is 1. The normalized spacial score (nSPS) is 13.3. The molecule has 0 spiro atoms. The smallest absolute Gasteiger partial charge is 0.267 e. The van der Waals surface area contributed by atoms with Crippen LogP contribution in [0.25, 0.3) is 16.9 Å². The maximum Gasteiger partial charge on any atom is 0.267 e.